The van der Waals surface area contributed by atoms with E-state index in [-0.39, 0.29) is 11.4 Å². The van der Waals surface area contributed by atoms with Crippen LogP contribution in [0.4, 0.5) is 25.0 Å². The first-order chi connectivity index (χ1) is 14.8. The lowest BCUT2D eigenvalue weighted by Gasteiger charge is -2.15. The SMILES string of the molecule is Cc1ccc2oc(=O)c(NC(=O)Nc3ccc(F)cc3F)c(-c3ccccc3Cl)c2c1. The lowest BCUT2D eigenvalue weighted by molar-refractivity contribution is 0.262. The minimum atomic E-state index is -0.956. The van der Waals surface area contributed by atoms with Crippen LogP contribution < -0.4 is 16.3 Å². The first-order valence-corrected chi connectivity index (χ1v) is 9.56. The van der Waals surface area contributed by atoms with Crippen molar-refractivity contribution in [2.45, 2.75) is 6.92 Å². The highest BCUT2D eigenvalue weighted by Gasteiger charge is 2.21. The second kappa shape index (κ2) is 8.20. The van der Waals surface area contributed by atoms with Crippen molar-refractivity contribution < 1.29 is 18.0 Å². The van der Waals surface area contributed by atoms with Gasteiger partial charge in [0.15, 0.2) is 0 Å². The Hall–Kier alpha value is -3.71. The van der Waals surface area contributed by atoms with E-state index in [0.717, 1.165) is 17.7 Å². The largest absolute Gasteiger partial charge is 0.421 e. The molecule has 5 nitrogen and oxygen atoms in total. The summed E-state index contributed by atoms with van der Waals surface area (Å²) in [5, 5.41) is 5.62. The minimum Gasteiger partial charge on any atom is -0.421 e. The Morgan fingerprint density at radius 3 is 2.52 bits per heavy atom. The molecular weight excluding hydrogens is 426 g/mol. The number of amides is 2. The summed E-state index contributed by atoms with van der Waals surface area (Å²) in [6.45, 7) is 1.87. The van der Waals surface area contributed by atoms with Gasteiger partial charge in [-0.05, 0) is 37.3 Å². The summed E-state index contributed by atoms with van der Waals surface area (Å²) in [6, 6.07) is 13.9. The van der Waals surface area contributed by atoms with Crippen LogP contribution in [0, 0.1) is 18.6 Å². The third-order valence-electron chi connectivity index (χ3n) is 4.62. The second-order valence-corrected chi connectivity index (χ2v) is 7.23. The Morgan fingerprint density at radius 1 is 1.00 bits per heavy atom. The summed E-state index contributed by atoms with van der Waals surface area (Å²) in [6.07, 6.45) is 0. The van der Waals surface area contributed by atoms with E-state index >= 15 is 0 Å². The third-order valence-corrected chi connectivity index (χ3v) is 4.95. The number of benzene rings is 3. The monoisotopic (exact) mass is 440 g/mol. The molecule has 156 valence electrons. The van der Waals surface area contributed by atoms with Gasteiger partial charge in [-0.1, -0.05) is 41.4 Å². The highest BCUT2D eigenvalue weighted by atomic mass is 35.5. The molecule has 2 N–H and O–H groups in total. The topological polar surface area (TPSA) is 71.3 Å². The van der Waals surface area contributed by atoms with E-state index in [1.165, 1.54) is 0 Å². The van der Waals surface area contributed by atoms with Gasteiger partial charge in [-0.3, -0.25) is 0 Å². The molecule has 0 atom stereocenters. The molecular formula is C23H15ClF2N2O3. The van der Waals surface area contributed by atoms with Gasteiger partial charge in [0, 0.05) is 27.6 Å². The zero-order valence-corrected chi connectivity index (χ0v) is 16.9. The molecule has 4 rings (SSSR count). The maximum absolute atomic E-state index is 13.9. The van der Waals surface area contributed by atoms with Crippen LogP contribution in [0.3, 0.4) is 0 Å². The third kappa shape index (κ3) is 4.13. The molecule has 31 heavy (non-hydrogen) atoms. The van der Waals surface area contributed by atoms with Crippen LogP contribution >= 0.6 is 11.6 Å². The van der Waals surface area contributed by atoms with E-state index in [9.17, 15) is 18.4 Å². The lowest BCUT2D eigenvalue weighted by atomic mass is 9.99. The van der Waals surface area contributed by atoms with E-state index in [1.54, 1.807) is 42.5 Å². The molecule has 0 aliphatic heterocycles. The average Bonchev–Trinajstić information content (AvgIpc) is 2.72. The van der Waals surface area contributed by atoms with Crippen molar-refractivity contribution in [2.75, 3.05) is 10.6 Å². The van der Waals surface area contributed by atoms with E-state index in [1.807, 2.05) is 6.92 Å². The Kier molecular flexibility index (Phi) is 5.44. The van der Waals surface area contributed by atoms with Crippen molar-refractivity contribution in [3.05, 3.63) is 93.3 Å². The fourth-order valence-corrected chi connectivity index (χ4v) is 3.46. The summed E-state index contributed by atoms with van der Waals surface area (Å²) < 4.78 is 32.4. The number of nitrogens with one attached hydrogen (secondary N) is 2. The normalized spacial score (nSPS) is 10.8. The standard InChI is InChI=1S/C23H15ClF2N2O3/c1-12-6-9-19-15(10-12)20(14-4-2-3-5-16(14)24)21(22(29)31-19)28-23(30)27-18-8-7-13(25)11-17(18)26/h2-11H,1H3,(H2,27,28,30). The van der Waals surface area contributed by atoms with Gasteiger partial charge in [0.05, 0.1) is 5.69 Å². The molecule has 1 aromatic heterocycles. The highest BCUT2D eigenvalue weighted by molar-refractivity contribution is 6.34. The lowest BCUT2D eigenvalue weighted by Crippen LogP contribution is -2.24. The molecule has 0 spiro atoms. The first-order valence-electron chi connectivity index (χ1n) is 9.19. The molecule has 0 aliphatic rings. The van der Waals surface area contributed by atoms with Gasteiger partial charge in [-0.15, -0.1) is 0 Å². The van der Waals surface area contributed by atoms with Crippen LogP contribution in [0.2, 0.25) is 5.02 Å². The maximum atomic E-state index is 13.9. The van der Waals surface area contributed by atoms with E-state index in [0.29, 0.717) is 33.2 Å². The Balaban J connectivity index is 1.84. The number of hydrogen-bond acceptors (Lipinski definition) is 3. The Labute approximate surface area is 180 Å². The van der Waals surface area contributed by atoms with Crippen LogP contribution in [-0.2, 0) is 0 Å². The molecule has 0 unspecified atom stereocenters. The van der Waals surface area contributed by atoms with Gasteiger partial charge in [-0.2, -0.15) is 0 Å². The summed E-state index contributed by atoms with van der Waals surface area (Å²) in [5.41, 5.74) is 0.886. The van der Waals surface area contributed by atoms with Gasteiger partial charge in [0.25, 0.3) is 0 Å². The number of rotatable bonds is 3. The minimum absolute atomic E-state index is 0.161. The molecule has 0 saturated carbocycles. The van der Waals surface area contributed by atoms with E-state index < -0.39 is 23.3 Å². The van der Waals surface area contributed by atoms with E-state index in [4.69, 9.17) is 16.0 Å². The number of hydrogen-bond donors (Lipinski definition) is 2. The van der Waals surface area contributed by atoms with Crippen molar-refractivity contribution >= 4 is 40.0 Å². The van der Waals surface area contributed by atoms with Gasteiger partial charge in [0.1, 0.15) is 22.9 Å². The zero-order valence-electron chi connectivity index (χ0n) is 16.1. The van der Waals surface area contributed by atoms with Crippen LogP contribution in [0.15, 0.2) is 69.9 Å². The predicted octanol–water partition coefficient (Wildman–Crippen LogP) is 6.34. The average molecular weight is 441 g/mol. The number of carbonyl (C=O) groups excluding carboxylic acids is 1. The summed E-state index contributed by atoms with van der Waals surface area (Å²) in [7, 11) is 0. The summed E-state index contributed by atoms with van der Waals surface area (Å²) >= 11 is 6.38. The van der Waals surface area contributed by atoms with E-state index in [2.05, 4.69) is 10.6 Å². The number of halogens is 3. The molecule has 2 amide bonds. The van der Waals surface area contributed by atoms with Crippen LogP contribution in [0.1, 0.15) is 5.56 Å². The van der Waals surface area contributed by atoms with Crippen LogP contribution in [-0.4, -0.2) is 6.03 Å². The maximum Gasteiger partial charge on any atom is 0.360 e. The molecule has 0 radical (unpaired) electrons. The Bertz CT molecular complexity index is 1390. The fourth-order valence-electron chi connectivity index (χ4n) is 3.23. The quantitative estimate of drug-likeness (QED) is 0.365. The van der Waals surface area contributed by atoms with Gasteiger partial charge < -0.3 is 15.1 Å². The molecule has 0 saturated heterocycles. The number of carbonyl (C=O) groups is 1. The molecule has 0 fully saturated rings. The van der Waals surface area contributed by atoms with Gasteiger partial charge in [0.2, 0.25) is 0 Å². The van der Waals surface area contributed by atoms with Crippen molar-refractivity contribution in [3.8, 4) is 11.1 Å². The predicted molar refractivity (Wildman–Crippen MR) is 117 cm³/mol. The van der Waals surface area contributed by atoms with Crippen molar-refractivity contribution in [3.63, 3.8) is 0 Å². The zero-order chi connectivity index (χ0) is 22.1. The number of aryl methyl sites for hydroxylation is 1. The smallest absolute Gasteiger partial charge is 0.360 e. The number of anilines is 2. The molecule has 0 aliphatic carbocycles. The van der Waals surface area contributed by atoms with Crippen LogP contribution in [0.25, 0.3) is 22.1 Å². The molecule has 3 aromatic carbocycles. The van der Waals surface area contributed by atoms with Crippen molar-refractivity contribution in [1.29, 1.82) is 0 Å². The molecule has 1 heterocycles. The Morgan fingerprint density at radius 2 is 1.77 bits per heavy atom. The highest BCUT2D eigenvalue weighted by Crippen LogP contribution is 2.37. The second-order valence-electron chi connectivity index (χ2n) is 6.82. The number of urea groups is 1. The molecule has 0 bridgehead atoms. The summed E-state index contributed by atoms with van der Waals surface area (Å²) in [4.78, 5) is 25.3. The molecule has 4 aromatic rings. The number of fused-ring (bicyclic) bond motifs is 1. The molecule has 8 heteroatoms. The van der Waals surface area contributed by atoms with Gasteiger partial charge >= 0.3 is 11.7 Å². The van der Waals surface area contributed by atoms with Crippen molar-refractivity contribution in [2.24, 2.45) is 0 Å². The summed E-state index contributed by atoms with van der Waals surface area (Å²) in [5.74, 6) is -1.74. The van der Waals surface area contributed by atoms with Crippen LogP contribution in [0.5, 0.6) is 0 Å². The first kappa shape index (κ1) is 20.6. The fraction of sp³-hybridized carbons (Fsp3) is 0.0435. The van der Waals surface area contributed by atoms with Crippen molar-refractivity contribution in [1.82, 2.24) is 0 Å². The van der Waals surface area contributed by atoms with Gasteiger partial charge in [-0.25, -0.2) is 18.4 Å².